The summed E-state index contributed by atoms with van der Waals surface area (Å²) < 4.78 is 21.9. The number of carboxylic acid groups (broad SMARTS) is 1. The first kappa shape index (κ1) is 77.5. The van der Waals surface area contributed by atoms with E-state index in [1.807, 2.05) is 20.8 Å². The van der Waals surface area contributed by atoms with Crippen molar-refractivity contribution >= 4 is 29.7 Å². The molecule has 3 heterocycles. The summed E-state index contributed by atoms with van der Waals surface area (Å²) >= 11 is 0. The Morgan fingerprint density at radius 1 is 0.535 bits per heavy atom. The highest BCUT2D eigenvalue weighted by atomic mass is 16.5. The number of aliphatic imine (C=N–C) groups is 2. The summed E-state index contributed by atoms with van der Waals surface area (Å²) in [6.07, 6.45) is 36.7. The van der Waals surface area contributed by atoms with Gasteiger partial charge >= 0.3 is 5.97 Å². The Hall–Kier alpha value is -2.79. The number of nitrogens with zero attached hydrogens (tertiary/aromatic N) is 5. The van der Waals surface area contributed by atoms with Crippen LogP contribution in [0.3, 0.4) is 0 Å². The molecular formula is C69H128N7O10+. The van der Waals surface area contributed by atoms with Crippen LogP contribution in [0, 0.1) is 17.3 Å². The number of aliphatic carboxylic acids is 1. The van der Waals surface area contributed by atoms with Crippen LogP contribution in [0.1, 0.15) is 255 Å². The number of nitrogens with two attached hydrogens (primary N) is 2. The Morgan fingerprint density at radius 2 is 0.849 bits per heavy atom. The minimum Gasteiger partial charge on any atom is -0.481 e. The van der Waals surface area contributed by atoms with E-state index in [0.717, 1.165) is 177 Å². The van der Waals surface area contributed by atoms with Gasteiger partial charge in [-0.2, -0.15) is 9.98 Å². The first-order chi connectivity index (χ1) is 40.5. The fraction of sp³-hybridized carbons (Fsp3) is 0.928. The van der Waals surface area contributed by atoms with Gasteiger partial charge in [-0.25, -0.2) is 9.59 Å². The highest BCUT2D eigenvalue weighted by molar-refractivity contribution is 5.79. The van der Waals surface area contributed by atoms with Gasteiger partial charge in [-0.3, -0.25) is 24.2 Å². The van der Waals surface area contributed by atoms with Crippen molar-refractivity contribution in [2.24, 2.45) is 38.7 Å². The maximum atomic E-state index is 11.2. The lowest BCUT2D eigenvalue weighted by Gasteiger charge is -2.48. The van der Waals surface area contributed by atoms with E-state index in [1.165, 1.54) is 77.3 Å². The number of carbonyl (C=O) groups excluding carboxylic acids is 4. The molecule has 17 heteroatoms. The molecule has 0 aromatic rings. The fourth-order valence-corrected chi connectivity index (χ4v) is 14.0. The zero-order valence-corrected chi connectivity index (χ0v) is 57.2. The normalized spacial score (nSPS) is 36.7. The first-order valence-electron chi connectivity index (χ1n) is 33.9. The SMILES string of the molecule is CC1CCC(C)(N2CCC(=O)CC2)CC1.CC1CCC(C)(N2CCC(N)CC2)CC1.CC[N+]1(C)CCC(=O)CC1.COC1CCC(C)(C(=O)O)CC1.COC1CCC(C)(N)CC1.COC1CCC(C)(N=C=O)CC1.COC1CCC(C)(N=C=O)CC1. The van der Waals surface area contributed by atoms with Gasteiger partial charge in [0, 0.05) is 90.1 Å². The zero-order valence-electron chi connectivity index (χ0n) is 57.2. The van der Waals surface area contributed by atoms with Crippen molar-refractivity contribution in [3.05, 3.63) is 0 Å². The minimum absolute atomic E-state index is 0.0784. The molecule has 9 rings (SSSR count). The quantitative estimate of drug-likeness (QED) is 0.105. The van der Waals surface area contributed by atoms with Crippen LogP contribution in [0.15, 0.2) is 9.98 Å². The van der Waals surface area contributed by atoms with Crippen LogP contribution in [-0.2, 0) is 42.9 Å². The monoisotopic (exact) mass is 1210 g/mol. The molecule has 498 valence electrons. The highest BCUT2D eigenvalue weighted by Crippen LogP contribution is 2.40. The molecule has 0 aromatic heterocycles. The number of rotatable bonds is 10. The summed E-state index contributed by atoms with van der Waals surface area (Å²) in [5.74, 6) is 2.09. The largest absolute Gasteiger partial charge is 0.481 e. The third-order valence-electron chi connectivity index (χ3n) is 22.3. The number of likely N-dealkylation sites (tertiary alicyclic amines) is 3. The smallest absolute Gasteiger partial charge is 0.309 e. The summed E-state index contributed by atoms with van der Waals surface area (Å²) in [5.41, 5.74) is 12.0. The second-order valence-electron chi connectivity index (χ2n) is 29.8. The van der Waals surface area contributed by atoms with Crippen LogP contribution in [0.5, 0.6) is 0 Å². The van der Waals surface area contributed by atoms with Crippen molar-refractivity contribution in [2.45, 2.75) is 313 Å². The van der Waals surface area contributed by atoms with Gasteiger partial charge in [-0.05, 0) is 227 Å². The Kier molecular flexibility index (Phi) is 33.8. The van der Waals surface area contributed by atoms with Crippen molar-refractivity contribution in [3.63, 3.8) is 0 Å². The van der Waals surface area contributed by atoms with Gasteiger partial charge < -0.3 is 40.0 Å². The van der Waals surface area contributed by atoms with Gasteiger partial charge in [0.2, 0.25) is 12.2 Å². The van der Waals surface area contributed by atoms with Gasteiger partial charge in [0.05, 0.1) is 80.4 Å². The molecule has 17 nitrogen and oxygen atoms in total. The molecule has 9 fully saturated rings. The maximum Gasteiger partial charge on any atom is 0.309 e. The number of methoxy groups -OCH3 is 4. The average Bonchev–Trinajstić information content (AvgIpc) is 2.63. The zero-order chi connectivity index (χ0) is 64.2. The van der Waals surface area contributed by atoms with E-state index < -0.39 is 11.4 Å². The molecule has 0 spiro atoms. The molecule has 9 aliphatic rings. The summed E-state index contributed by atoms with van der Waals surface area (Å²) in [6, 6.07) is 0.465. The molecule has 0 aromatic carbocycles. The van der Waals surface area contributed by atoms with E-state index >= 15 is 0 Å². The third-order valence-corrected chi connectivity index (χ3v) is 22.3. The van der Waals surface area contributed by atoms with Crippen molar-refractivity contribution in [3.8, 4) is 0 Å². The number of quaternary nitrogens is 1. The van der Waals surface area contributed by atoms with Crippen LogP contribution in [0.4, 0.5) is 0 Å². The molecule has 0 bridgehead atoms. The lowest BCUT2D eigenvalue weighted by molar-refractivity contribution is -0.909. The van der Waals surface area contributed by atoms with Gasteiger partial charge in [0.1, 0.15) is 11.6 Å². The Morgan fingerprint density at radius 3 is 1.16 bits per heavy atom. The summed E-state index contributed by atoms with van der Waals surface area (Å²) in [4.78, 5) is 66.0. The van der Waals surface area contributed by atoms with Crippen molar-refractivity contribution < 1.29 is 52.5 Å². The van der Waals surface area contributed by atoms with Gasteiger partial charge in [-0.15, -0.1) is 0 Å². The van der Waals surface area contributed by atoms with E-state index in [0.29, 0.717) is 47.0 Å². The summed E-state index contributed by atoms with van der Waals surface area (Å²) in [7, 11) is 9.16. The number of Topliss-reactive ketones (excluding diaryl/α,β-unsaturated/α-hetero) is 2. The average molecular weight is 1220 g/mol. The summed E-state index contributed by atoms with van der Waals surface area (Å²) in [6.45, 7) is 27.5. The Balaban J connectivity index is 0.000000264. The van der Waals surface area contributed by atoms with Gasteiger partial charge in [0.15, 0.2) is 0 Å². The van der Waals surface area contributed by atoms with Crippen LogP contribution in [-0.4, -0.2) is 189 Å². The van der Waals surface area contributed by atoms with Crippen molar-refractivity contribution in [2.75, 3.05) is 81.3 Å². The summed E-state index contributed by atoms with van der Waals surface area (Å²) in [5, 5.41) is 8.92. The van der Waals surface area contributed by atoms with Gasteiger partial charge in [0.25, 0.3) is 0 Å². The minimum atomic E-state index is -0.669. The number of ether oxygens (including phenoxy) is 4. The maximum absolute atomic E-state index is 11.2. The number of ketones is 2. The second kappa shape index (κ2) is 37.5. The number of hydrogen-bond donors (Lipinski definition) is 3. The first-order valence-corrected chi connectivity index (χ1v) is 33.9. The molecule has 6 aliphatic carbocycles. The van der Waals surface area contributed by atoms with E-state index in [4.69, 9.17) is 35.5 Å². The van der Waals surface area contributed by atoms with Crippen LogP contribution in [0.2, 0.25) is 0 Å². The lowest BCUT2D eigenvalue weighted by atomic mass is 9.75. The van der Waals surface area contributed by atoms with Crippen LogP contribution >= 0.6 is 0 Å². The molecule has 3 aliphatic heterocycles. The van der Waals surface area contributed by atoms with Crippen molar-refractivity contribution in [1.82, 2.24) is 9.80 Å². The highest BCUT2D eigenvalue weighted by Gasteiger charge is 2.40. The van der Waals surface area contributed by atoms with Gasteiger partial charge in [-0.1, -0.05) is 13.8 Å². The van der Waals surface area contributed by atoms with E-state index in [2.05, 4.69) is 68.4 Å². The molecule has 6 saturated carbocycles. The van der Waals surface area contributed by atoms with Crippen LogP contribution < -0.4 is 11.5 Å². The molecule has 0 unspecified atom stereocenters. The Bertz CT molecular complexity index is 1930. The Labute approximate surface area is 523 Å². The lowest BCUT2D eigenvalue weighted by Crippen LogP contribution is -2.53. The molecule has 0 radical (unpaired) electrons. The molecule has 86 heavy (non-hydrogen) atoms. The molecule has 5 N–H and O–H groups in total. The topological polar surface area (TPSA) is 226 Å². The molecule has 0 atom stereocenters. The number of piperidine rings is 3. The predicted molar refractivity (Wildman–Crippen MR) is 346 cm³/mol. The van der Waals surface area contributed by atoms with E-state index in [1.54, 1.807) is 40.6 Å². The molecule has 0 amide bonds. The molecular weight excluding hydrogens is 1090 g/mol. The number of isocyanates is 2. The number of carboxylic acids is 1. The van der Waals surface area contributed by atoms with Crippen molar-refractivity contribution in [1.29, 1.82) is 0 Å². The second-order valence-corrected chi connectivity index (χ2v) is 29.8. The fourth-order valence-electron chi connectivity index (χ4n) is 14.0. The number of carbonyl (C=O) groups is 3. The molecule has 3 saturated heterocycles. The standard InChI is InChI=1S/C13H26N2.C13H23NO.2C9H15NO2.C9H16O3.C8H17NO.C8H16NO/c1-11-3-7-13(2,8-4-11)15-9-5-12(14)6-10-15;1-11-3-7-13(2,8-4-11)14-9-5-12(15)6-10-14;2*1-9(10-7-11)5-3-8(12-2)4-6-9;1-9(8(10)11)5-3-7(12-2)4-6-9;1-8(9)5-3-7(10-2)4-6-8;1-3-9(2)6-4-8(10)5-7-9/h11-12H,3-10,14H2,1-2H3;11H,3-10H2,1-2H3;2*8H,3-6H2,1-2H3;7H,3-6H2,1-2H3,(H,10,11);7H,3-6,9H2,1-2H3;3-7H2,1-2H3/q;;;;;;+1. The third kappa shape index (κ3) is 27.4. The number of hydrogen-bond acceptors (Lipinski definition) is 15. The van der Waals surface area contributed by atoms with E-state index in [9.17, 15) is 24.0 Å². The van der Waals surface area contributed by atoms with Crippen LogP contribution in [0.25, 0.3) is 0 Å². The van der Waals surface area contributed by atoms with E-state index in [-0.39, 0.29) is 22.7 Å². The predicted octanol–water partition coefficient (Wildman–Crippen LogP) is 12.1.